The van der Waals surface area contributed by atoms with Crippen LogP contribution in [0.5, 0.6) is 0 Å². The molecule has 0 aromatic carbocycles. The fourth-order valence-corrected chi connectivity index (χ4v) is 3.68. The molecule has 1 unspecified atom stereocenters. The van der Waals surface area contributed by atoms with Crippen molar-refractivity contribution in [3.8, 4) is 0 Å². The largest absolute Gasteiger partial charge is 0.465 e. The second kappa shape index (κ2) is 5.71. The molecule has 0 saturated heterocycles. The third-order valence-electron chi connectivity index (χ3n) is 3.44. The van der Waals surface area contributed by atoms with Crippen LogP contribution >= 0.6 is 11.3 Å². The van der Waals surface area contributed by atoms with Crippen molar-refractivity contribution < 1.29 is 9.53 Å². The van der Waals surface area contributed by atoms with Crippen molar-refractivity contribution in [1.29, 1.82) is 0 Å². The molecule has 0 amide bonds. The molecule has 0 bridgehead atoms. The Hall–Kier alpha value is -1.75. The topological polar surface area (TPSA) is 52.1 Å². The number of carbonyl (C=O) groups excluding carboxylic acids is 1. The number of fused-ring (bicyclic) bond motifs is 1. The first-order valence-corrected chi connectivity index (χ1v) is 7.63. The summed E-state index contributed by atoms with van der Waals surface area (Å²) in [6.07, 6.45) is 6.15. The first-order chi connectivity index (χ1) is 9.78. The van der Waals surface area contributed by atoms with Crippen LogP contribution in [0.1, 0.15) is 40.4 Å². The normalized spacial score (nSPS) is 16.9. The molecule has 0 radical (unpaired) electrons. The fourth-order valence-electron chi connectivity index (χ4n) is 2.50. The van der Waals surface area contributed by atoms with E-state index in [1.807, 2.05) is 19.1 Å². The number of carbonyl (C=O) groups is 1. The Kier molecular flexibility index (Phi) is 3.78. The van der Waals surface area contributed by atoms with Crippen molar-refractivity contribution in [3.63, 3.8) is 0 Å². The Bertz CT molecular complexity index is 610. The molecule has 4 nitrogen and oxygen atoms in total. The number of aromatic nitrogens is 2. The zero-order chi connectivity index (χ0) is 13.9. The number of esters is 1. The number of nitrogens with zero attached hydrogens (tertiary/aromatic N) is 2. The van der Waals surface area contributed by atoms with E-state index < -0.39 is 0 Å². The summed E-state index contributed by atoms with van der Waals surface area (Å²) in [5.74, 6) is -0.292. The molecule has 0 aliphatic heterocycles. The third-order valence-corrected chi connectivity index (χ3v) is 4.57. The second-order valence-electron chi connectivity index (χ2n) is 4.79. The van der Waals surface area contributed by atoms with Gasteiger partial charge in [-0.1, -0.05) is 0 Å². The zero-order valence-corrected chi connectivity index (χ0v) is 12.2. The van der Waals surface area contributed by atoms with Gasteiger partial charge >= 0.3 is 5.97 Å². The molecule has 2 aromatic rings. The average molecular weight is 288 g/mol. The van der Waals surface area contributed by atoms with Crippen LogP contribution in [0.4, 0.5) is 0 Å². The van der Waals surface area contributed by atoms with Crippen LogP contribution in [0.3, 0.4) is 0 Å². The van der Waals surface area contributed by atoms with Crippen LogP contribution in [-0.2, 0) is 22.4 Å². The highest BCUT2D eigenvalue weighted by Crippen LogP contribution is 2.37. The van der Waals surface area contributed by atoms with Gasteiger partial charge in [0, 0.05) is 23.7 Å². The lowest BCUT2D eigenvalue weighted by Gasteiger charge is -2.07. The molecule has 1 atom stereocenters. The molecule has 3 rings (SSSR count). The van der Waals surface area contributed by atoms with Crippen molar-refractivity contribution >= 4 is 17.3 Å². The molecule has 5 heteroatoms. The van der Waals surface area contributed by atoms with Gasteiger partial charge in [-0.15, -0.1) is 11.3 Å². The molecule has 0 fully saturated rings. The van der Waals surface area contributed by atoms with Crippen molar-refractivity contribution in [2.45, 2.75) is 32.1 Å². The summed E-state index contributed by atoms with van der Waals surface area (Å²) in [6, 6.07) is 3.99. The van der Waals surface area contributed by atoms with E-state index in [1.54, 1.807) is 23.7 Å². The summed E-state index contributed by atoms with van der Waals surface area (Å²) in [5.41, 5.74) is 2.14. The van der Waals surface area contributed by atoms with E-state index in [1.165, 1.54) is 10.4 Å². The standard InChI is InChI=1S/C15H16N2O2S/c1-2-19-15(18)11-3-4-12-14(11)17-13(20-12)9-10-5-7-16-8-6-10/h5-8,11H,2-4,9H2,1H3. The van der Waals surface area contributed by atoms with Crippen molar-refractivity contribution in [1.82, 2.24) is 9.97 Å². The van der Waals surface area contributed by atoms with Gasteiger partial charge < -0.3 is 4.74 Å². The van der Waals surface area contributed by atoms with Gasteiger partial charge in [0.25, 0.3) is 0 Å². The Morgan fingerprint density at radius 1 is 1.45 bits per heavy atom. The Balaban J connectivity index is 1.78. The number of pyridine rings is 1. The predicted octanol–water partition coefficient (Wildman–Crippen LogP) is 2.72. The highest BCUT2D eigenvalue weighted by atomic mass is 32.1. The summed E-state index contributed by atoms with van der Waals surface area (Å²) >= 11 is 1.72. The number of thiazole rings is 1. The number of aryl methyl sites for hydroxylation is 1. The van der Waals surface area contributed by atoms with E-state index in [0.717, 1.165) is 30.0 Å². The van der Waals surface area contributed by atoms with Crippen LogP contribution in [0.15, 0.2) is 24.5 Å². The average Bonchev–Trinajstić information content (AvgIpc) is 2.99. The summed E-state index contributed by atoms with van der Waals surface area (Å²) in [4.78, 5) is 21.8. The van der Waals surface area contributed by atoms with Crippen molar-refractivity contribution in [3.05, 3.63) is 45.7 Å². The molecule has 2 heterocycles. The first kappa shape index (κ1) is 13.2. The maximum Gasteiger partial charge on any atom is 0.315 e. The van der Waals surface area contributed by atoms with Crippen LogP contribution < -0.4 is 0 Å². The summed E-state index contributed by atoms with van der Waals surface area (Å²) < 4.78 is 5.13. The monoisotopic (exact) mass is 288 g/mol. The highest BCUT2D eigenvalue weighted by molar-refractivity contribution is 7.11. The van der Waals surface area contributed by atoms with E-state index in [9.17, 15) is 4.79 Å². The third kappa shape index (κ3) is 2.58. The zero-order valence-electron chi connectivity index (χ0n) is 11.3. The fraction of sp³-hybridized carbons (Fsp3) is 0.400. The quantitative estimate of drug-likeness (QED) is 0.812. The van der Waals surface area contributed by atoms with Gasteiger partial charge in [-0.05, 0) is 37.5 Å². The number of hydrogen-bond donors (Lipinski definition) is 0. The second-order valence-corrected chi connectivity index (χ2v) is 5.96. The Morgan fingerprint density at radius 2 is 2.25 bits per heavy atom. The maximum atomic E-state index is 11.9. The molecule has 0 saturated carbocycles. The molecule has 104 valence electrons. The van der Waals surface area contributed by atoms with Crippen LogP contribution in [0.25, 0.3) is 0 Å². The number of hydrogen-bond acceptors (Lipinski definition) is 5. The van der Waals surface area contributed by atoms with Gasteiger partial charge in [0.1, 0.15) is 5.92 Å². The SMILES string of the molecule is CCOC(=O)C1CCc2sc(Cc3ccncc3)nc21. The smallest absolute Gasteiger partial charge is 0.315 e. The molecule has 0 N–H and O–H groups in total. The maximum absolute atomic E-state index is 11.9. The molecule has 2 aromatic heterocycles. The van der Waals surface area contributed by atoms with E-state index in [0.29, 0.717) is 6.61 Å². The Labute approximate surface area is 121 Å². The van der Waals surface area contributed by atoms with Gasteiger partial charge in [-0.25, -0.2) is 4.98 Å². The van der Waals surface area contributed by atoms with Gasteiger partial charge in [-0.2, -0.15) is 0 Å². The molecule has 1 aliphatic carbocycles. The molecular weight excluding hydrogens is 272 g/mol. The number of rotatable bonds is 4. The minimum absolute atomic E-state index is 0.132. The van der Waals surface area contributed by atoms with E-state index in [2.05, 4.69) is 9.97 Å². The van der Waals surface area contributed by atoms with Gasteiger partial charge in [-0.3, -0.25) is 9.78 Å². The molecular formula is C15H16N2O2S. The highest BCUT2D eigenvalue weighted by Gasteiger charge is 2.33. The molecule has 1 aliphatic rings. The van der Waals surface area contributed by atoms with Crippen LogP contribution in [-0.4, -0.2) is 22.5 Å². The van der Waals surface area contributed by atoms with E-state index >= 15 is 0 Å². The van der Waals surface area contributed by atoms with Crippen molar-refractivity contribution in [2.75, 3.05) is 6.61 Å². The molecule has 0 spiro atoms. The van der Waals surface area contributed by atoms with Crippen LogP contribution in [0.2, 0.25) is 0 Å². The minimum Gasteiger partial charge on any atom is -0.465 e. The minimum atomic E-state index is -0.160. The van der Waals surface area contributed by atoms with Crippen LogP contribution in [0, 0.1) is 0 Å². The Morgan fingerprint density at radius 3 is 3.00 bits per heavy atom. The summed E-state index contributed by atoms with van der Waals surface area (Å²) in [7, 11) is 0. The van der Waals surface area contributed by atoms with E-state index in [4.69, 9.17) is 4.74 Å². The van der Waals surface area contributed by atoms with Gasteiger partial charge in [0.05, 0.1) is 17.3 Å². The lowest BCUT2D eigenvalue weighted by Crippen LogP contribution is -2.14. The number of ether oxygens (including phenoxy) is 1. The van der Waals surface area contributed by atoms with Gasteiger partial charge in [0.2, 0.25) is 0 Å². The first-order valence-electron chi connectivity index (χ1n) is 6.82. The summed E-state index contributed by atoms with van der Waals surface area (Å²) in [6.45, 7) is 2.27. The summed E-state index contributed by atoms with van der Waals surface area (Å²) in [5, 5.41) is 1.06. The molecule has 20 heavy (non-hydrogen) atoms. The van der Waals surface area contributed by atoms with Gasteiger partial charge in [0.15, 0.2) is 0 Å². The van der Waals surface area contributed by atoms with Crippen molar-refractivity contribution in [2.24, 2.45) is 0 Å². The predicted molar refractivity (Wildman–Crippen MR) is 76.9 cm³/mol. The van der Waals surface area contributed by atoms with E-state index in [-0.39, 0.29) is 11.9 Å². The lowest BCUT2D eigenvalue weighted by atomic mass is 10.1. The lowest BCUT2D eigenvalue weighted by molar-refractivity contribution is -0.145.